The minimum atomic E-state index is -0.588. The van der Waals surface area contributed by atoms with Gasteiger partial charge in [0.2, 0.25) is 0 Å². The average Bonchev–Trinajstić information content (AvgIpc) is 2.70. The quantitative estimate of drug-likeness (QED) is 0.606. The van der Waals surface area contributed by atoms with Crippen LogP contribution in [0.3, 0.4) is 0 Å². The molecule has 0 radical (unpaired) electrons. The molecule has 0 unspecified atom stereocenters. The Morgan fingerprint density at radius 2 is 2.00 bits per heavy atom. The van der Waals surface area contributed by atoms with Crippen LogP contribution < -0.4 is 15.0 Å². The zero-order valence-electron chi connectivity index (χ0n) is 17.9. The van der Waals surface area contributed by atoms with Gasteiger partial charge in [0.25, 0.3) is 5.91 Å². The molecule has 2 heterocycles. The lowest BCUT2D eigenvalue weighted by Gasteiger charge is -2.70. The van der Waals surface area contributed by atoms with Gasteiger partial charge in [0.05, 0.1) is 5.02 Å². The number of carbonyl (C=O) groups is 2. The Hall–Kier alpha value is -2.67. The van der Waals surface area contributed by atoms with E-state index in [1.807, 2.05) is 12.1 Å². The summed E-state index contributed by atoms with van der Waals surface area (Å²) in [5.41, 5.74) is 1.31. The largest absolute Gasteiger partial charge is 0.484 e. The van der Waals surface area contributed by atoms with E-state index in [0.717, 1.165) is 44.1 Å². The van der Waals surface area contributed by atoms with Crippen LogP contribution in [0.1, 0.15) is 43.1 Å². The van der Waals surface area contributed by atoms with Crippen LogP contribution in [0, 0.1) is 17.2 Å². The molecule has 1 amide bonds. The molecular formula is C24H25ClFN3O3. The van der Waals surface area contributed by atoms with Gasteiger partial charge in [-0.15, -0.1) is 0 Å². The lowest BCUT2D eigenvalue weighted by Crippen LogP contribution is -2.75. The number of anilines is 1. The summed E-state index contributed by atoms with van der Waals surface area (Å²) in [5.74, 6) is 0.165. The highest BCUT2D eigenvalue weighted by atomic mass is 35.5. The number of rotatable bonds is 8. The number of aromatic nitrogens is 1. The fraction of sp³-hybridized carbons (Fsp3) is 0.458. The number of nitrogens with zero attached hydrogens (tertiary/aromatic N) is 2. The van der Waals surface area contributed by atoms with Gasteiger partial charge in [0.1, 0.15) is 17.3 Å². The van der Waals surface area contributed by atoms with Crippen LogP contribution >= 0.6 is 11.6 Å². The number of ether oxygens (including phenoxy) is 1. The molecule has 6 nitrogen and oxygen atoms in total. The highest BCUT2D eigenvalue weighted by Gasteiger charge is 2.68. The summed E-state index contributed by atoms with van der Waals surface area (Å²) in [6.45, 7) is 4.05. The molecule has 32 heavy (non-hydrogen) atoms. The third kappa shape index (κ3) is 3.94. The Kier molecular flexibility index (Phi) is 5.12. The van der Waals surface area contributed by atoms with Crippen LogP contribution in [-0.4, -0.2) is 41.9 Å². The third-order valence-electron chi connectivity index (χ3n) is 6.80. The van der Waals surface area contributed by atoms with E-state index in [0.29, 0.717) is 18.0 Å². The zero-order valence-corrected chi connectivity index (χ0v) is 18.6. The van der Waals surface area contributed by atoms with Gasteiger partial charge in [0.15, 0.2) is 12.4 Å². The molecule has 168 valence electrons. The highest BCUT2D eigenvalue weighted by molar-refractivity contribution is 6.30. The molecule has 1 aromatic carbocycles. The maximum absolute atomic E-state index is 13.5. The molecule has 2 aromatic rings. The molecule has 3 aliphatic carbocycles. The van der Waals surface area contributed by atoms with Gasteiger partial charge < -0.3 is 15.0 Å². The van der Waals surface area contributed by atoms with Crippen LogP contribution in [0.5, 0.6) is 5.75 Å². The Morgan fingerprint density at radius 1 is 1.25 bits per heavy atom. The molecular weight excluding hydrogens is 433 g/mol. The first-order chi connectivity index (χ1) is 15.2. The van der Waals surface area contributed by atoms with E-state index in [1.165, 1.54) is 12.1 Å². The second-order valence-corrected chi connectivity index (χ2v) is 10.1. The first-order valence-corrected chi connectivity index (χ1v) is 11.3. The molecule has 1 aliphatic heterocycles. The van der Waals surface area contributed by atoms with E-state index in [9.17, 15) is 14.0 Å². The van der Waals surface area contributed by atoms with Gasteiger partial charge in [-0.05, 0) is 54.9 Å². The van der Waals surface area contributed by atoms with Gasteiger partial charge in [-0.1, -0.05) is 18.5 Å². The molecule has 8 heteroatoms. The van der Waals surface area contributed by atoms with E-state index in [2.05, 4.69) is 22.1 Å². The summed E-state index contributed by atoms with van der Waals surface area (Å²) in [6.07, 6.45) is 4.53. The van der Waals surface area contributed by atoms with Crippen LogP contribution in [0.4, 0.5) is 10.1 Å². The van der Waals surface area contributed by atoms with Gasteiger partial charge in [0, 0.05) is 43.0 Å². The number of halogens is 2. The van der Waals surface area contributed by atoms with Crippen molar-refractivity contribution in [3.8, 4) is 5.75 Å². The molecule has 2 bridgehead atoms. The summed E-state index contributed by atoms with van der Waals surface area (Å²) in [6, 6.07) is 7.91. The minimum absolute atomic E-state index is 0.00702. The van der Waals surface area contributed by atoms with Crippen molar-refractivity contribution in [2.45, 2.75) is 38.1 Å². The normalized spacial score (nSPS) is 25.9. The molecule has 1 saturated heterocycles. The molecule has 4 aliphatic rings. The van der Waals surface area contributed by atoms with Crippen LogP contribution in [0.15, 0.2) is 36.5 Å². The molecule has 1 aromatic heterocycles. The van der Waals surface area contributed by atoms with Crippen LogP contribution in [-0.2, 0) is 4.79 Å². The van der Waals surface area contributed by atoms with Gasteiger partial charge in [-0.25, -0.2) is 4.39 Å². The number of nitrogens with one attached hydrogen (secondary N) is 1. The van der Waals surface area contributed by atoms with Crippen molar-refractivity contribution < 1.29 is 18.7 Å². The first kappa shape index (κ1) is 21.2. The number of benzene rings is 1. The molecule has 0 spiro atoms. The zero-order chi connectivity index (χ0) is 22.5. The Morgan fingerprint density at radius 3 is 2.69 bits per heavy atom. The monoisotopic (exact) mass is 457 g/mol. The van der Waals surface area contributed by atoms with E-state index in [4.69, 9.17) is 16.3 Å². The molecule has 6 rings (SSSR count). The van der Waals surface area contributed by atoms with Gasteiger partial charge in [-0.3, -0.25) is 14.6 Å². The molecule has 0 atom stereocenters. The Balaban J connectivity index is 1.09. The number of carbonyl (C=O) groups excluding carboxylic acids is 2. The van der Waals surface area contributed by atoms with E-state index < -0.39 is 5.82 Å². The number of amides is 1. The summed E-state index contributed by atoms with van der Waals surface area (Å²) in [7, 11) is 0. The fourth-order valence-corrected chi connectivity index (χ4v) is 5.59. The number of Topliss-reactive ketones (excluding diaryl/α,β-unsaturated/α-hetero) is 1. The Bertz CT molecular complexity index is 1070. The van der Waals surface area contributed by atoms with Crippen LogP contribution in [0.25, 0.3) is 0 Å². The average molecular weight is 458 g/mol. The lowest BCUT2D eigenvalue weighted by molar-refractivity contribution is -0.164. The molecule has 3 saturated carbocycles. The van der Waals surface area contributed by atoms with Crippen LogP contribution in [0.2, 0.25) is 5.02 Å². The summed E-state index contributed by atoms with van der Waals surface area (Å²) >= 11 is 5.65. The maximum Gasteiger partial charge on any atom is 0.258 e. The van der Waals surface area contributed by atoms with E-state index >= 15 is 0 Å². The highest BCUT2D eigenvalue weighted by Crippen LogP contribution is 2.69. The number of hydrogen-bond donors (Lipinski definition) is 1. The SMILES string of the molecule is CC1CN(c2ccnc(C(=O)CC34CC(NC(=O)COc5ccc(Cl)c(F)c5)(C3)C4)c2)C1. The fourth-order valence-electron chi connectivity index (χ4n) is 5.48. The first-order valence-electron chi connectivity index (χ1n) is 10.9. The van der Waals surface area contributed by atoms with Gasteiger partial charge in [-0.2, -0.15) is 0 Å². The second kappa shape index (κ2) is 7.73. The maximum atomic E-state index is 13.5. The van der Waals surface area contributed by atoms with Crippen molar-refractivity contribution in [3.63, 3.8) is 0 Å². The van der Waals surface area contributed by atoms with E-state index in [-0.39, 0.29) is 40.0 Å². The number of pyridine rings is 1. The van der Waals surface area contributed by atoms with Crippen molar-refractivity contribution in [1.82, 2.24) is 10.3 Å². The molecule has 4 fully saturated rings. The van der Waals surface area contributed by atoms with Crippen molar-refractivity contribution in [2.24, 2.45) is 11.3 Å². The topological polar surface area (TPSA) is 71.5 Å². The third-order valence-corrected chi connectivity index (χ3v) is 7.11. The predicted molar refractivity (Wildman–Crippen MR) is 119 cm³/mol. The minimum Gasteiger partial charge on any atom is -0.484 e. The van der Waals surface area contributed by atoms with Crippen molar-refractivity contribution in [1.29, 1.82) is 0 Å². The summed E-state index contributed by atoms with van der Waals surface area (Å²) in [4.78, 5) is 31.7. The second-order valence-electron chi connectivity index (χ2n) is 9.73. The number of hydrogen-bond acceptors (Lipinski definition) is 5. The van der Waals surface area contributed by atoms with Crippen molar-refractivity contribution >= 4 is 29.0 Å². The van der Waals surface area contributed by atoms with Gasteiger partial charge >= 0.3 is 0 Å². The summed E-state index contributed by atoms with van der Waals surface area (Å²) < 4.78 is 18.8. The Labute approximate surface area is 191 Å². The predicted octanol–water partition coefficient (Wildman–Crippen LogP) is 4.02. The van der Waals surface area contributed by atoms with Crippen molar-refractivity contribution in [2.75, 3.05) is 24.6 Å². The standard InChI is InChI=1S/C24H25ClFN3O3/c1-15-9-29(10-15)16-4-5-27-20(6-16)21(30)8-23-12-24(13-23,14-23)28-22(31)11-32-17-2-3-18(25)19(26)7-17/h2-7,15H,8-14H2,1H3,(H,28,31). The molecule has 1 N–H and O–H groups in total. The number of ketones is 1. The smallest absolute Gasteiger partial charge is 0.258 e. The van der Waals surface area contributed by atoms with E-state index in [1.54, 1.807) is 6.20 Å². The summed E-state index contributed by atoms with van der Waals surface area (Å²) in [5, 5.41) is 3.03. The lowest BCUT2D eigenvalue weighted by atomic mass is 9.38. The van der Waals surface area contributed by atoms with Crippen molar-refractivity contribution in [3.05, 3.63) is 53.1 Å².